The third-order valence-electron chi connectivity index (χ3n) is 1.26. The van der Waals surface area contributed by atoms with Crippen molar-refractivity contribution in [1.82, 2.24) is 0 Å². The minimum atomic E-state index is -1.01. The molecule has 0 aromatic carbocycles. The summed E-state index contributed by atoms with van der Waals surface area (Å²) in [4.78, 5) is 20.9. The van der Waals surface area contributed by atoms with Crippen LogP contribution < -0.4 is 0 Å². The molecule has 0 atom stereocenters. The lowest BCUT2D eigenvalue weighted by Crippen LogP contribution is -2.12. The summed E-state index contributed by atoms with van der Waals surface area (Å²) in [5.41, 5.74) is 0. The van der Waals surface area contributed by atoms with Gasteiger partial charge in [0.05, 0.1) is 26.1 Å². The van der Waals surface area contributed by atoms with Gasteiger partial charge in [-0.1, -0.05) is 0 Å². The summed E-state index contributed by atoms with van der Waals surface area (Å²) in [6.07, 6.45) is -0.313. The van der Waals surface area contributed by atoms with Crippen molar-refractivity contribution >= 4 is 23.5 Å². The molecule has 0 aliphatic carbocycles. The number of carbonyl (C=O) groups is 2. The van der Waals surface area contributed by atoms with E-state index in [0.29, 0.717) is 12.5 Å². The van der Waals surface area contributed by atoms with E-state index in [2.05, 4.69) is 4.74 Å². The van der Waals surface area contributed by atoms with Crippen LogP contribution in [0.4, 0.5) is 0 Å². The third kappa shape index (κ3) is 9.28. The van der Waals surface area contributed by atoms with Gasteiger partial charge in [-0.3, -0.25) is 9.59 Å². The van der Waals surface area contributed by atoms with Gasteiger partial charge in [-0.25, -0.2) is 0 Å². The first-order valence-corrected chi connectivity index (χ1v) is 4.71. The lowest BCUT2D eigenvalue weighted by Gasteiger charge is -2.03. The Hall–Kier alpha value is -0.810. The van der Waals surface area contributed by atoms with E-state index in [1.807, 2.05) is 0 Å². The molecule has 0 aliphatic rings. The second-order valence-electron chi connectivity index (χ2n) is 2.42. The first kappa shape index (κ1) is 13.2. The van der Waals surface area contributed by atoms with Gasteiger partial charge in [-0.2, -0.15) is 0 Å². The highest BCUT2D eigenvalue weighted by atomic mass is 35.5. The van der Waals surface area contributed by atoms with Crippen LogP contribution in [0.2, 0.25) is 0 Å². The van der Waals surface area contributed by atoms with E-state index in [0.717, 1.165) is 0 Å². The molecule has 0 amide bonds. The number of hydrogen-bond donors (Lipinski definition) is 1. The van der Waals surface area contributed by atoms with E-state index >= 15 is 0 Å². The zero-order valence-corrected chi connectivity index (χ0v) is 8.46. The van der Waals surface area contributed by atoms with Gasteiger partial charge in [0.15, 0.2) is 0 Å². The molecule has 0 unspecified atom stereocenters. The van der Waals surface area contributed by atoms with Crippen LogP contribution in [0.25, 0.3) is 0 Å². The molecular weight excluding hydrogens is 212 g/mol. The number of carboxylic acids is 1. The molecule has 0 aliphatic heterocycles. The van der Waals surface area contributed by atoms with Crippen molar-refractivity contribution in [2.24, 2.45) is 0 Å². The van der Waals surface area contributed by atoms with E-state index in [1.54, 1.807) is 0 Å². The summed E-state index contributed by atoms with van der Waals surface area (Å²) in [5.74, 6) is -1.14. The SMILES string of the molecule is O=C(O)CCC(=O)OCCOCCCl. The van der Waals surface area contributed by atoms with Crippen molar-refractivity contribution in [3.05, 3.63) is 0 Å². The van der Waals surface area contributed by atoms with E-state index in [9.17, 15) is 9.59 Å². The van der Waals surface area contributed by atoms with E-state index in [4.69, 9.17) is 21.4 Å². The highest BCUT2D eigenvalue weighted by molar-refractivity contribution is 6.17. The molecule has 1 N–H and O–H groups in total. The first-order valence-electron chi connectivity index (χ1n) is 4.18. The second-order valence-corrected chi connectivity index (χ2v) is 2.79. The van der Waals surface area contributed by atoms with Crippen LogP contribution in [0.15, 0.2) is 0 Å². The number of rotatable bonds is 8. The lowest BCUT2D eigenvalue weighted by molar-refractivity contribution is -0.148. The Kier molecular flexibility index (Phi) is 8.27. The molecule has 0 spiro atoms. The van der Waals surface area contributed by atoms with Crippen molar-refractivity contribution < 1.29 is 24.2 Å². The average Bonchev–Trinajstić information content (AvgIpc) is 2.14. The number of hydrogen-bond acceptors (Lipinski definition) is 4. The molecule has 0 rings (SSSR count). The fourth-order valence-corrected chi connectivity index (χ4v) is 0.761. The minimum Gasteiger partial charge on any atom is -0.481 e. The first-order chi connectivity index (χ1) is 6.66. The molecule has 0 bridgehead atoms. The summed E-state index contributed by atoms with van der Waals surface area (Å²) < 4.78 is 9.60. The number of esters is 1. The Labute approximate surface area is 86.9 Å². The lowest BCUT2D eigenvalue weighted by atomic mass is 10.3. The smallest absolute Gasteiger partial charge is 0.306 e. The average molecular weight is 225 g/mol. The van der Waals surface area contributed by atoms with Crippen LogP contribution >= 0.6 is 11.6 Å². The van der Waals surface area contributed by atoms with Gasteiger partial charge >= 0.3 is 11.9 Å². The number of ether oxygens (including phenoxy) is 2. The number of aliphatic carboxylic acids is 1. The zero-order valence-electron chi connectivity index (χ0n) is 7.70. The highest BCUT2D eigenvalue weighted by Gasteiger charge is 2.05. The van der Waals surface area contributed by atoms with Gasteiger partial charge in [0.25, 0.3) is 0 Å². The third-order valence-corrected chi connectivity index (χ3v) is 1.41. The molecule has 0 aromatic heterocycles. The maximum atomic E-state index is 10.8. The van der Waals surface area contributed by atoms with Crippen LogP contribution in [0.1, 0.15) is 12.8 Å². The number of alkyl halides is 1. The molecule has 82 valence electrons. The number of carbonyl (C=O) groups excluding carboxylic acids is 1. The summed E-state index contributed by atoms with van der Waals surface area (Å²) in [6, 6.07) is 0. The fraction of sp³-hybridized carbons (Fsp3) is 0.750. The largest absolute Gasteiger partial charge is 0.481 e. The predicted octanol–water partition coefficient (Wildman–Crippen LogP) is 0.650. The monoisotopic (exact) mass is 224 g/mol. The predicted molar refractivity (Wildman–Crippen MR) is 49.4 cm³/mol. The summed E-state index contributed by atoms with van der Waals surface area (Å²) in [5, 5.41) is 8.26. The Balaban J connectivity index is 3.22. The maximum absolute atomic E-state index is 10.8. The van der Waals surface area contributed by atoms with Gasteiger partial charge in [-0.05, 0) is 0 Å². The summed E-state index contributed by atoms with van der Waals surface area (Å²) in [7, 11) is 0. The van der Waals surface area contributed by atoms with Gasteiger partial charge in [0.1, 0.15) is 6.61 Å². The fourth-order valence-electron chi connectivity index (χ4n) is 0.652. The van der Waals surface area contributed by atoms with E-state index < -0.39 is 11.9 Å². The highest BCUT2D eigenvalue weighted by Crippen LogP contribution is 1.92. The van der Waals surface area contributed by atoms with Crippen LogP contribution in [0.3, 0.4) is 0 Å². The van der Waals surface area contributed by atoms with Gasteiger partial charge in [-0.15, -0.1) is 11.6 Å². The van der Waals surface area contributed by atoms with Gasteiger partial charge < -0.3 is 14.6 Å². The molecule has 0 fully saturated rings. The van der Waals surface area contributed by atoms with Crippen LogP contribution in [-0.2, 0) is 19.1 Å². The Morgan fingerprint density at radius 3 is 2.43 bits per heavy atom. The van der Waals surface area contributed by atoms with E-state index in [-0.39, 0.29) is 26.1 Å². The van der Waals surface area contributed by atoms with Crippen LogP contribution in [-0.4, -0.2) is 42.7 Å². The molecule has 0 saturated carbocycles. The molecule has 0 aromatic rings. The molecule has 6 heteroatoms. The minimum absolute atomic E-state index is 0.106. The van der Waals surface area contributed by atoms with Crippen molar-refractivity contribution in [3.63, 3.8) is 0 Å². The summed E-state index contributed by atoms with van der Waals surface area (Å²) >= 11 is 5.33. The maximum Gasteiger partial charge on any atom is 0.306 e. The van der Waals surface area contributed by atoms with Crippen LogP contribution in [0.5, 0.6) is 0 Å². The molecule has 5 nitrogen and oxygen atoms in total. The molecule has 14 heavy (non-hydrogen) atoms. The van der Waals surface area contributed by atoms with Crippen LogP contribution in [0, 0.1) is 0 Å². The topological polar surface area (TPSA) is 72.8 Å². The quantitative estimate of drug-likeness (QED) is 0.372. The van der Waals surface area contributed by atoms with E-state index in [1.165, 1.54) is 0 Å². The normalized spacial score (nSPS) is 9.79. The summed E-state index contributed by atoms with van der Waals surface area (Å²) in [6.45, 7) is 0.828. The Morgan fingerprint density at radius 1 is 1.14 bits per heavy atom. The molecule has 0 saturated heterocycles. The second kappa shape index (κ2) is 8.77. The van der Waals surface area contributed by atoms with Crippen molar-refractivity contribution in [2.75, 3.05) is 25.7 Å². The Morgan fingerprint density at radius 2 is 1.86 bits per heavy atom. The van der Waals surface area contributed by atoms with Crippen molar-refractivity contribution in [2.45, 2.75) is 12.8 Å². The Bertz CT molecular complexity index is 183. The zero-order chi connectivity index (χ0) is 10.8. The molecule has 0 heterocycles. The number of carboxylic acid groups (broad SMARTS) is 1. The molecule has 0 radical (unpaired) electrons. The standard InChI is InChI=1S/C8H13ClO5/c9-3-4-13-5-6-14-8(12)2-1-7(10)11/h1-6H2,(H,10,11). The number of halogens is 1. The van der Waals surface area contributed by atoms with Gasteiger partial charge in [0.2, 0.25) is 0 Å². The van der Waals surface area contributed by atoms with Gasteiger partial charge in [0, 0.05) is 5.88 Å². The van der Waals surface area contributed by atoms with Crippen molar-refractivity contribution in [1.29, 1.82) is 0 Å². The van der Waals surface area contributed by atoms with Crippen molar-refractivity contribution in [3.8, 4) is 0 Å². The molecular formula is C8H13ClO5.